The summed E-state index contributed by atoms with van der Waals surface area (Å²) in [5.74, 6) is 0.593. The number of carbonyl (C=O) groups is 2. The van der Waals surface area contributed by atoms with Crippen LogP contribution in [0.3, 0.4) is 0 Å². The van der Waals surface area contributed by atoms with Crippen LogP contribution < -0.4 is 10.1 Å². The van der Waals surface area contributed by atoms with Crippen molar-refractivity contribution in [3.05, 3.63) is 47.3 Å². The van der Waals surface area contributed by atoms with Gasteiger partial charge in [-0.05, 0) is 19.4 Å². The maximum Gasteiger partial charge on any atom is 0.226 e. The van der Waals surface area contributed by atoms with Crippen molar-refractivity contribution in [3.63, 3.8) is 0 Å². The molecule has 0 spiro atoms. The van der Waals surface area contributed by atoms with Gasteiger partial charge in [-0.1, -0.05) is 30.3 Å². The molecule has 2 atom stereocenters. The summed E-state index contributed by atoms with van der Waals surface area (Å²) in [7, 11) is 1.59. The van der Waals surface area contributed by atoms with Gasteiger partial charge in [0.2, 0.25) is 11.8 Å². The number of hydrogen-bond acceptors (Lipinski definition) is 5. The Morgan fingerprint density at radius 3 is 2.81 bits per heavy atom. The summed E-state index contributed by atoms with van der Waals surface area (Å²) < 4.78 is 10.7. The Bertz CT molecular complexity index is 817. The molecule has 0 radical (unpaired) electrons. The van der Waals surface area contributed by atoms with Gasteiger partial charge in [-0.15, -0.1) is 0 Å². The number of carbonyl (C=O) groups excluding carboxylic acids is 2. The van der Waals surface area contributed by atoms with E-state index in [0.29, 0.717) is 18.1 Å². The number of nitrogens with one attached hydrogen (secondary N) is 1. The van der Waals surface area contributed by atoms with Crippen molar-refractivity contribution in [1.82, 2.24) is 15.4 Å². The summed E-state index contributed by atoms with van der Waals surface area (Å²) in [6.07, 6.45) is 0.953. The van der Waals surface area contributed by atoms with Crippen molar-refractivity contribution in [3.8, 4) is 5.75 Å². The monoisotopic (exact) mass is 371 g/mol. The van der Waals surface area contributed by atoms with Gasteiger partial charge in [0.25, 0.3) is 0 Å². The maximum absolute atomic E-state index is 12.9. The Balaban J connectivity index is 1.81. The molecule has 1 N–H and O–H groups in total. The summed E-state index contributed by atoms with van der Waals surface area (Å²) in [4.78, 5) is 27.1. The highest BCUT2D eigenvalue weighted by Crippen LogP contribution is 2.41. The highest BCUT2D eigenvalue weighted by molar-refractivity contribution is 5.90. The van der Waals surface area contributed by atoms with Crippen LogP contribution in [0.2, 0.25) is 0 Å². The molecule has 1 aromatic heterocycles. The zero-order valence-corrected chi connectivity index (χ0v) is 15.9. The van der Waals surface area contributed by atoms with Crippen molar-refractivity contribution < 1.29 is 18.8 Å². The number of rotatable bonds is 7. The van der Waals surface area contributed by atoms with Crippen LogP contribution in [-0.4, -0.2) is 35.5 Å². The molecule has 7 heteroatoms. The van der Waals surface area contributed by atoms with Gasteiger partial charge in [-0.25, -0.2) is 0 Å². The third kappa shape index (κ3) is 3.82. The molecular weight excluding hydrogens is 346 g/mol. The van der Waals surface area contributed by atoms with Gasteiger partial charge in [-0.2, -0.15) is 0 Å². The molecule has 7 nitrogen and oxygen atoms in total. The van der Waals surface area contributed by atoms with E-state index in [2.05, 4.69) is 10.5 Å². The van der Waals surface area contributed by atoms with E-state index < -0.39 is 5.92 Å². The molecule has 0 bridgehead atoms. The first kappa shape index (κ1) is 18.9. The van der Waals surface area contributed by atoms with Crippen LogP contribution in [0.4, 0.5) is 0 Å². The number of benzene rings is 1. The molecule has 1 fully saturated rings. The Morgan fingerprint density at radius 1 is 1.37 bits per heavy atom. The standard InChI is InChI=1S/C20H25N3O4/c1-4-13-10-14(27-22-13)12-21-20(25)16-11-18(24)23(5-2)19(16)15-8-6-7-9-17(15)26-3/h6-10,16,19H,4-5,11-12H2,1-3H3,(H,21,25)/t16-,19+/m1/s1. The first-order valence-corrected chi connectivity index (χ1v) is 9.23. The fourth-order valence-corrected chi connectivity index (χ4v) is 3.60. The van der Waals surface area contributed by atoms with E-state index in [0.717, 1.165) is 17.7 Å². The molecule has 1 aliphatic heterocycles. The summed E-state index contributed by atoms with van der Waals surface area (Å²) in [5.41, 5.74) is 1.69. The van der Waals surface area contributed by atoms with Crippen LogP contribution in [0, 0.1) is 5.92 Å². The van der Waals surface area contributed by atoms with E-state index in [1.54, 1.807) is 12.0 Å². The minimum Gasteiger partial charge on any atom is -0.496 e. The van der Waals surface area contributed by atoms with E-state index in [-0.39, 0.29) is 30.8 Å². The van der Waals surface area contributed by atoms with E-state index in [4.69, 9.17) is 9.26 Å². The van der Waals surface area contributed by atoms with E-state index in [9.17, 15) is 9.59 Å². The Morgan fingerprint density at radius 2 is 2.15 bits per heavy atom. The molecule has 1 saturated heterocycles. The number of methoxy groups -OCH3 is 1. The molecule has 2 amide bonds. The largest absolute Gasteiger partial charge is 0.496 e. The number of amides is 2. The first-order chi connectivity index (χ1) is 13.1. The van der Waals surface area contributed by atoms with Gasteiger partial charge in [0.15, 0.2) is 5.76 Å². The summed E-state index contributed by atoms with van der Waals surface area (Å²) in [6.45, 7) is 4.69. The average molecular weight is 371 g/mol. The molecule has 27 heavy (non-hydrogen) atoms. The first-order valence-electron chi connectivity index (χ1n) is 9.23. The van der Waals surface area contributed by atoms with Crippen LogP contribution in [0.5, 0.6) is 5.75 Å². The van der Waals surface area contributed by atoms with Crippen LogP contribution in [0.25, 0.3) is 0 Å². The van der Waals surface area contributed by atoms with E-state index in [1.165, 1.54) is 0 Å². The summed E-state index contributed by atoms with van der Waals surface area (Å²) in [6, 6.07) is 9.01. The van der Waals surface area contributed by atoms with Crippen LogP contribution >= 0.6 is 0 Å². The van der Waals surface area contributed by atoms with Gasteiger partial charge < -0.3 is 19.5 Å². The zero-order valence-electron chi connectivity index (χ0n) is 15.9. The molecule has 2 aromatic rings. The normalized spacial score (nSPS) is 19.4. The predicted octanol–water partition coefficient (Wildman–Crippen LogP) is 2.47. The quantitative estimate of drug-likeness (QED) is 0.808. The molecule has 0 aliphatic carbocycles. The fraction of sp³-hybridized carbons (Fsp3) is 0.450. The van der Waals surface area contributed by atoms with Gasteiger partial charge in [0.05, 0.1) is 31.3 Å². The SMILES string of the molecule is CCc1cc(CNC(=O)[C@@H]2CC(=O)N(CC)[C@H]2c2ccccc2OC)on1. The predicted molar refractivity (Wildman–Crippen MR) is 99.0 cm³/mol. The molecular formula is C20H25N3O4. The lowest BCUT2D eigenvalue weighted by Gasteiger charge is -2.28. The van der Waals surface area contributed by atoms with Gasteiger partial charge >= 0.3 is 0 Å². The summed E-state index contributed by atoms with van der Waals surface area (Å²) >= 11 is 0. The lowest BCUT2D eigenvalue weighted by Crippen LogP contribution is -2.35. The zero-order chi connectivity index (χ0) is 19.4. The van der Waals surface area contributed by atoms with Crippen molar-refractivity contribution in [2.24, 2.45) is 5.92 Å². The average Bonchev–Trinajstić information content (AvgIpc) is 3.29. The second-order valence-electron chi connectivity index (χ2n) is 6.53. The smallest absolute Gasteiger partial charge is 0.226 e. The van der Waals surface area contributed by atoms with E-state index in [1.807, 2.05) is 44.2 Å². The number of para-hydroxylation sites is 1. The van der Waals surface area contributed by atoms with Crippen molar-refractivity contribution in [1.29, 1.82) is 0 Å². The molecule has 2 heterocycles. The highest BCUT2D eigenvalue weighted by Gasteiger charge is 2.44. The van der Waals surface area contributed by atoms with Crippen LogP contribution in [0.15, 0.2) is 34.9 Å². The third-order valence-corrected chi connectivity index (χ3v) is 4.97. The van der Waals surface area contributed by atoms with E-state index >= 15 is 0 Å². The lowest BCUT2D eigenvalue weighted by atomic mass is 9.92. The topological polar surface area (TPSA) is 84.7 Å². The second kappa shape index (κ2) is 8.24. The highest BCUT2D eigenvalue weighted by atomic mass is 16.5. The minimum absolute atomic E-state index is 0.0264. The minimum atomic E-state index is -0.484. The summed E-state index contributed by atoms with van der Waals surface area (Å²) in [5, 5.41) is 6.82. The molecule has 0 unspecified atom stereocenters. The van der Waals surface area contributed by atoms with Crippen molar-refractivity contribution in [2.75, 3.05) is 13.7 Å². The maximum atomic E-state index is 12.9. The number of aryl methyl sites for hydroxylation is 1. The van der Waals surface area contributed by atoms with Crippen molar-refractivity contribution >= 4 is 11.8 Å². The third-order valence-electron chi connectivity index (χ3n) is 4.97. The molecule has 0 saturated carbocycles. The van der Waals surface area contributed by atoms with Gasteiger partial charge in [-0.3, -0.25) is 9.59 Å². The fourth-order valence-electron chi connectivity index (χ4n) is 3.60. The van der Waals surface area contributed by atoms with Crippen LogP contribution in [-0.2, 0) is 22.6 Å². The lowest BCUT2D eigenvalue weighted by molar-refractivity contribution is -0.129. The van der Waals surface area contributed by atoms with Gasteiger partial charge in [0, 0.05) is 24.6 Å². The molecule has 1 aromatic carbocycles. The van der Waals surface area contributed by atoms with Crippen molar-refractivity contribution in [2.45, 2.75) is 39.3 Å². The number of hydrogen-bond donors (Lipinski definition) is 1. The Hall–Kier alpha value is -2.83. The second-order valence-corrected chi connectivity index (χ2v) is 6.53. The Labute approximate surface area is 158 Å². The molecule has 1 aliphatic rings. The van der Waals surface area contributed by atoms with Crippen LogP contribution in [0.1, 0.15) is 43.3 Å². The molecule has 144 valence electrons. The number of ether oxygens (including phenoxy) is 1. The molecule has 3 rings (SSSR count). The number of nitrogens with zero attached hydrogens (tertiary/aromatic N) is 2. The number of aromatic nitrogens is 1. The van der Waals surface area contributed by atoms with Gasteiger partial charge in [0.1, 0.15) is 5.75 Å². The Kier molecular flexibility index (Phi) is 5.78. The number of likely N-dealkylation sites (tertiary alicyclic amines) is 1.